The number of benzene rings is 2. The van der Waals surface area contributed by atoms with Gasteiger partial charge in [-0.15, -0.1) is 0 Å². The molecule has 1 heterocycles. The number of nitro groups is 1. The van der Waals surface area contributed by atoms with Gasteiger partial charge in [-0.3, -0.25) is 19.7 Å². The van der Waals surface area contributed by atoms with Crippen LogP contribution in [0.15, 0.2) is 54.6 Å². The Balaban J connectivity index is 1.67. The third-order valence-corrected chi connectivity index (χ3v) is 6.31. The van der Waals surface area contributed by atoms with Crippen molar-refractivity contribution < 1.29 is 19.3 Å². The Kier molecular flexibility index (Phi) is 8.40. The number of nitrogens with zero attached hydrogens (tertiary/aromatic N) is 3. The molecule has 0 radical (unpaired) electrons. The minimum Gasteiger partial charge on any atom is -0.340 e. The van der Waals surface area contributed by atoms with E-state index in [9.17, 15) is 24.5 Å². The lowest BCUT2D eigenvalue weighted by atomic mass is 9.96. The number of anilines is 1. The third kappa shape index (κ3) is 6.34. The molecule has 186 valence electrons. The number of amides is 4. The fourth-order valence-electron chi connectivity index (χ4n) is 4.04. The van der Waals surface area contributed by atoms with Crippen molar-refractivity contribution in [1.82, 2.24) is 15.1 Å². The van der Waals surface area contributed by atoms with Gasteiger partial charge in [0.2, 0.25) is 5.91 Å². The molecule has 2 N–H and O–H groups in total. The number of rotatable bonds is 7. The van der Waals surface area contributed by atoms with Crippen molar-refractivity contribution in [2.45, 2.75) is 39.3 Å². The Morgan fingerprint density at radius 2 is 1.83 bits per heavy atom. The average molecular weight is 482 g/mol. The fraction of sp³-hybridized carbons (Fsp3) is 0.400. The fourth-order valence-corrected chi connectivity index (χ4v) is 4.04. The van der Waals surface area contributed by atoms with Crippen LogP contribution in [-0.4, -0.2) is 64.3 Å². The molecule has 2 aromatic rings. The zero-order chi connectivity index (χ0) is 25.5. The summed E-state index contributed by atoms with van der Waals surface area (Å²) in [6.07, 6.45) is 0.653. The Morgan fingerprint density at radius 3 is 2.46 bits per heavy atom. The van der Waals surface area contributed by atoms with E-state index in [2.05, 4.69) is 10.6 Å². The first-order valence-corrected chi connectivity index (χ1v) is 11.7. The van der Waals surface area contributed by atoms with E-state index in [1.807, 2.05) is 51.1 Å². The van der Waals surface area contributed by atoms with Crippen LogP contribution in [-0.2, 0) is 4.79 Å². The standard InChI is InChI=1S/C25H31N5O5/c1-4-17(2)22(27-23(31)19-9-8-12-21(15-19)30(34)35)24(32)28-13-14-29(18(3)16-28)25(33)26-20-10-6-5-7-11-20/h5-12,15,17-18,22H,4,13-14,16H2,1-3H3,(H,26,33)(H,27,31). The van der Waals surface area contributed by atoms with Crippen LogP contribution in [0.4, 0.5) is 16.2 Å². The maximum atomic E-state index is 13.4. The molecular weight excluding hydrogens is 450 g/mol. The monoisotopic (exact) mass is 481 g/mol. The highest BCUT2D eigenvalue weighted by Crippen LogP contribution is 2.19. The Bertz CT molecular complexity index is 1080. The van der Waals surface area contributed by atoms with Crippen LogP contribution in [0, 0.1) is 16.0 Å². The number of hydrogen-bond donors (Lipinski definition) is 2. The molecule has 1 fully saturated rings. The summed E-state index contributed by atoms with van der Waals surface area (Å²) >= 11 is 0. The summed E-state index contributed by atoms with van der Waals surface area (Å²) in [5.41, 5.74) is 0.628. The van der Waals surface area contributed by atoms with Gasteiger partial charge in [-0.25, -0.2) is 4.79 Å². The van der Waals surface area contributed by atoms with Crippen molar-refractivity contribution in [2.75, 3.05) is 25.0 Å². The van der Waals surface area contributed by atoms with Crippen LogP contribution in [0.25, 0.3) is 0 Å². The van der Waals surface area contributed by atoms with E-state index in [-0.39, 0.29) is 35.1 Å². The zero-order valence-corrected chi connectivity index (χ0v) is 20.1. The van der Waals surface area contributed by atoms with E-state index < -0.39 is 16.9 Å². The lowest BCUT2D eigenvalue weighted by molar-refractivity contribution is -0.384. The number of nitrogens with one attached hydrogen (secondary N) is 2. The lowest BCUT2D eigenvalue weighted by Crippen LogP contribution is -2.60. The number of piperazine rings is 1. The Hall–Kier alpha value is -3.95. The zero-order valence-electron chi connectivity index (χ0n) is 20.1. The molecule has 3 unspecified atom stereocenters. The molecule has 10 heteroatoms. The second kappa shape index (κ2) is 11.5. The quantitative estimate of drug-likeness (QED) is 0.463. The second-order valence-corrected chi connectivity index (χ2v) is 8.77. The van der Waals surface area contributed by atoms with E-state index in [1.165, 1.54) is 24.3 Å². The topological polar surface area (TPSA) is 125 Å². The molecule has 10 nitrogen and oxygen atoms in total. The van der Waals surface area contributed by atoms with Gasteiger partial charge in [0.05, 0.1) is 4.92 Å². The number of nitro benzene ring substituents is 1. The first kappa shape index (κ1) is 25.7. The molecule has 0 aliphatic carbocycles. The second-order valence-electron chi connectivity index (χ2n) is 8.77. The number of hydrogen-bond acceptors (Lipinski definition) is 5. The van der Waals surface area contributed by atoms with Gasteiger partial charge >= 0.3 is 6.03 Å². The first-order valence-electron chi connectivity index (χ1n) is 11.7. The molecule has 1 aliphatic heterocycles. The summed E-state index contributed by atoms with van der Waals surface area (Å²) in [4.78, 5) is 52.9. The number of urea groups is 1. The summed E-state index contributed by atoms with van der Waals surface area (Å²) in [5, 5.41) is 16.7. The molecule has 0 spiro atoms. The predicted molar refractivity (Wildman–Crippen MR) is 132 cm³/mol. The highest BCUT2D eigenvalue weighted by Gasteiger charge is 2.35. The third-order valence-electron chi connectivity index (χ3n) is 6.31. The smallest absolute Gasteiger partial charge is 0.322 e. The lowest BCUT2D eigenvalue weighted by Gasteiger charge is -2.41. The van der Waals surface area contributed by atoms with E-state index in [1.54, 1.807) is 9.80 Å². The van der Waals surface area contributed by atoms with Gasteiger partial charge in [-0.2, -0.15) is 0 Å². The van der Waals surface area contributed by atoms with Crippen molar-refractivity contribution >= 4 is 29.2 Å². The van der Waals surface area contributed by atoms with Crippen molar-refractivity contribution in [3.63, 3.8) is 0 Å². The van der Waals surface area contributed by atoms with E-state index in [0.717, 1.165) is 0 Å². The highest BCUT2D eigenvalue weighted by atomic mass is 16.6. The maximum Gasteiger partial charge on any atom is 0.322 e. The number of carbonyl (C=O) groups is 3. The van der Waals surface area contributed by atoms with Crippen LogP contribution in [0.1, 0.15) is 37.6 Å². The molecule has 3 rings (SSSR count). The average Bonchev–Trinajstić information content (AvgIpc) is 2.86. The van der Waals surface area contributed by atoms with Gasteiger partial charge in [0.15, 0.2) is 0 Å². The summed E-state index contributed by atoms with van der Waals surface area (Å²) in [6.45, 7) is 6.72. The van der Waals surface area contributed by atoms with E-state index >= 15 is 0 Å². The maximum absolute atomic E-state index is 13.4. The van der Waals surface area contributed by atoms with Crippen LogP contribution >= 0.6 is 0 Å². The minimum absolute atomic E-state index is 0.121. The van der Waals surface area contributed by atoms with Crippen molar-refractivity contribution in [1.29, 1.82) is 0 Å². The van der Waals surface area contributed by atoms with Crippen molar-refractivity contribution in [2.24, 2.45) is 5.92 Å². The number of non-ortho nitro benzene ring substituents is 1. The van der Waals surface area contributed by atoms with Crippen LogP contribution in [0.2, 0.25) is 0 Å². The summed E-state index contributed by atoms with van der Waals surface area (Å²) in [6, 6.07) is 13.3. The summed E-state index contributed by atoms with van der Waals surface area (Å²) in [5.74, 6) is -0.922. The first-order chi connectivity index (χ1) is 16.7. The van der Waals surface area contributed by atoms with Gasteiger partial charge < -0.3 is 20.4 Å². The van der Waals surface area contributed by atoms with Gasteiger partial charge in [-0.1, -0.05) is 44.5 Å². The van der Waals surface area contributed by atoms with Gasteiger partial charge in [-0.05, 0) is 31.0 Å². The summed E-state index contributed by atoms with van der Waals surface area (Å²) < 4.78 is 0. The summed E-state index contributed by atoms with van der Waals surface area (Å²) in [7, 11) is 0. The molecule has 0 aromatic heterocycles. The van der Waals surface area contributed by atoms with E-state index in [0.29, 0.717) is 31.7 Å². The molecule has 4 amide bonds. The molecule has 1 saturated heterocycles. The normalized spacial score (nSPS) is 17.3. The minimum atomic E-state index is -0.788. The SMILES string of the molecule is CCC(C)C(NC(=O)c1cccc([N+](=O)[O-])c1)C(=O)N1CCN(C(=O)Nc2ccccc2)C(C)C1. The van der Waals surface area contributed by atoms with Crippen LogP contribution < -0.4 is 10.6 Å². The molecule has 35 heavy (non-hydrogen) atoms. The van der Waals surface area contributed by atoms with E-state index in [4.69, 9.17) is 0 Å². The van der Waals surface area contributed by atoms with Crippen molar-refractivity contribution in [3.8, 4) is 0 Å². The Morgan fingerprint density at radius 1 is 1.11 bits per heavy atom. The number of para-hydroxylation sites is 1. The molecule has 0 bridgehead atoms. The molecule has 2 aromatic carbocycles. The predicted octanol–water partition coefficient (Wildman–Crippen LogP) is 3.50. The van der Waals surface area contributed by atoms with Crippen LogP contribution in [0.5, 0.6) is 0 Å². The molecule has 3 atom stereocenters. The van der Waals surface area contributed by atoms with Gasteiger partial charge in [0.1, 0.15) is 6.04 Å². The van der Waals surface area contributed by atoms with Gasteiger partial charge in [0.25, 0.3) is 11.6 Å². The number of carbonyl (C=O) groups excluding carboxylic acids is 3. The largest absolute Gasteiger partial charge is 0.340 e. The van der Waals surface area contributed by atoms with Gasteiger partial charge in [0, 0.05) is 49.1 Å². The molecule has 1 aliphatic rings. The highest BCUT2D eigenvalue weighted by molar-refractivity contribution is 5.98. The molecule has 0 saturated carbocycles. The molecular formula is C25H31N5O5. The van der Waals surface area contributed by atoms with Crippen molar-refractivity contribution in [3.05, 3.63) is 70.3 Å². The van der Waals surface area contributed by atoms with Crippen LogP contribution in [0.3, 0.4) is 0 Å². The Labute approximate surface area is 204 Å².